The molecule has 0 saturated heterocycles. The summed E-state index contributed by atoms with van der Waals surface area (Å²) in [5.74, 6) is 0.636. The maximum atomic E-state index is 13.1. The number of benzene rings is 2. The normalized spacial score (nSPS) is 11.9. The topological polar surface area (TPSA) is 49.4 Å². The second-order valence-corrected chi connectivity index (χ2v) is 9.25. The summed E-state index contributed by atoms with van der Waals surface area (Å²) >= 11 is 7.44. The van der Waals surface area contributed by atoms with Crippen LogP contribution in [0.2, 0.25) is 5.02 Å². The van der Waals surface area contributed by atoms with E-state index in [0.717, 1.165) is 11.1 Å². The van der Waals surface area contributed by atoms with Crippen molar-refractivity contribution in [3.05, 3.63) is 70.5 Å². The molecule has 0 aliphatic heterocycles. The third-order valence-electron chi connectivity index (χ3n) is 4.74. The molecule has 1 atom stereocenters. The highest BCUT2D eigenvalue weighted by Crippen LogP contribution is 2.19. The minimum Gasteiger partial charge on any atom is -0.354 e. The molecule has 2 rings (SSSR count). The molecule has 7 heteroatoms. The van der Waals surface area contributed by atoms with E-state index in [-0.39, 0.29) is 23.4 Å². The Labute approximate surface area is 193 Å². The molecule has 0 aliphatic carbocycles. The fourth-order valence-corrected chi connectivity index (χ4v) is 4.04. The van der Waals surface area contributed by atoms with E-state index < -0.39 is 6.04 Å². The van der Waals surface area contributed by atoms with E-state index in [1.165, 1.54) is 23.9 Å². The van der Waals surface area contributed by atoms with Gasteiger partial charge in [0.05, 0.1) is 5.75 Å². The Kier molecular flexibility index (Phi) is 10.3. The highest BCUT2D eigenvalue weighted by molar-refractivity contribution is 7.99. The molecule has 2 aromatic carbocycles. The summed E-state index contributed by atoms with van der Waals surface area (Å²) in [5, 5.41) is 3.58. The standard InChI is InChI=1S/C24H30ClFN2O2S/c1-4-22(24(30)27-13-17(2)3)28(14-18-5-9-20(25)10-6-18)23(29)16-31-15-19-7-11-21(26)12-8-19/h5-12,17,22H,4,13-16H2,1-3H3,(H,27,30)/t22-/m0/s1. The lowest BCUT2D eigenvalue weighted by molar-refractivity contribution is -0.139. The number of carbonyl (C=O) groups is 2. The first-order chi connectivity index (χ1) is 14.8. The van der Waals surface area contributed by atoms with Crippen molar-refractivity contribution in [2.45, 2.75) is 45.5 Å². The van der Waals surface area contributed by atoms with Gasteiger partial charge in [0, 0.05) is 23.9 Å². The van der Waals surface area contributed by atoms with Crippen molar-refractivity contribution in [2.75, 3.05) is 12.3 Å². The van der Waals surface area contributed by atoms with Crippen molar-refractivity contribution < 1.29 is 14.0 Å². The van der Waals surface area contributed by atoms with E-state index in [0.29, 0.717) is 36.2 Å². The lowest BCUT2D eigenvalue weighted by Crippen LogP contribution is -2.50. The molecular weight excluding hydrogens is 435 g/mol. The van der Waals surface area contributed by atoms with E-state index in [2.05, 4.69) is 5.32 Å². The van der Waals surface area contributed by atoms with Crippen LogP contribution in [-0.4, -0.2) is 35.1 Å². The highest BCUT2D eigenvalue weighted by atomic mass is 35.5. The predicted octanol–water partition coefficient (Wildman–Crippen LogP) is 5.29. The van der Waals surface area contributed by atoms with Gasteiger partial charge in [-0.1, -0.05) is 56.6 Å². The average molecular weight is 465 g/mol. The molecule has 0 unspecified atom stereocenters. The zero-order valence-corrected chi connectivity index (χ0v) is 19.8. The van der Waals surface area contributed by atoms with Crippen LogP contribution in [0.15, 0.2) is 48.5 Å². The molecule has 4 nitrogen and oxygen atoms in total. The predicted molar refractivity (Wildman–Crippen MR) is 126 cm³/mol. The Bertz CT molecular complexity index is 844. The van der Waals surface area contributed by atoms with Gasteiger partial charge >= 0.3 is 0 Å². The van der Waals surface area contributed by atoms with Gasteiger partial charge in [-0.3, -0.25) is 9.59 Å². The molecule has 31 heavy (non-hydrogen) atoms. The Balaban J connectivity index is 2.10. The summed E-state index contributed by atoms with van der Waals surface area (Å²) in [6.45, 7) is 6.87. The van der Waals surface area contributed by atoms with Crippen LogP contribution in [0.25, 0.3) is 0 Å². The molecule has 0 aliphatic rings. The van der Waals surface area contributed by atoms with E-state index in [1.807, 2.05) is 32.9 Å². The van der Waals surface area contributed by atoms with Gasteiger partial charge in [-0.05, 0) is 47.7 Å². The molecule has 0 saturated carbocycles. The molecule has 1 N–H and O–H groups in total. The first-order valence-corrected chi connectivity index (χ1v) is 12.0. The van der Waals surface area contributed by atoms with Crippen LogP contribution in [0.5, 0.6) is 0 Å². The lowest BCUT2D eigenvalue weighted by Gasteiger charge is -2.31. The second-order valence-electron chi connectivity index (χ2n) is 7.83. The van der Waals surface area contributed by atoms with Crippen LogP contribution in [-0.2, 0) is 21.9 Å². The van der Waals surface area contributed by atoms with Gasteiger partial charge in [0.1, 0.15) is 11.9 Å². The van der Waals surface area contributed by atoms with Crippen molar-refractivity contribution in [2.24, 2.45) is 5.92 Å². The maximum absolute atomic E-state index is 13.1. The van der Waals surface area contributed by atoms with Crippen molar-refractivity contribution in [3.8, 4) is 0 Å². The summed E-state index contributed by atoms with van der Waals surface area (Å²) in [5.41, 5.74) is 1.86. The largest absolute Gasteiger partial charge is 0.354 e. The van der Waals surface area contributed by atoms with Crippen molar-refractivity contribution in [3.63, 3.8) is 0 Å². The summed E-state index contributed by atoms with van der Waals surface area (Å²) in [7, 11) is 0. The van der Waals surface area contributed by atoms with E-state index in [4.69, 9.17) is 11.6 Å². The molecule has 0 spiro atoms. The number of amides is 2. The Hall–Kier alpha value is -2.05. The molecule has 2 aromatic rings. The highest BCUT2D eigenvalue weighted by Gasteiger charge is 2.28. The lowest BCUT2D eigenvalue weighted by atomic mass is 10.1. The fourth-order valence-electron chi connectivity index (χ4n) is 3.05. The summed E-state index contributed by atoms with van der Waals surface area (Å²) in [6, 6.07) is 13.0. The number of hydrogen-bond acceptors (Lipinski definition) is 3. The molecular formula is C24H30ClFN2O2S. The molecule has 168 valence electrons. The monoisotopic (exact) mass is 464 g/mol. The fraction of sp³-hybridized carbons (Fsp3) is 0.417. The van der Waals surface area contributed by atoms with E-state index >= 15 is 0 Å². The smallest absolute Gasteiger partial charge is 0.242 e. The number of nitrogens with zero attached hydrogens (tertiary/aromatic N) is 1. The van der Waals surface area contributed by atoms with Crippen molar-refractivity contribution in [1.29, 1.82) is 0 Å². The summed E-state index contributed by atoms with van der Waals surface area (Å²) in [4.78, 5) is 27.6. The number of carbonyl (C=O) groups excluding carboxylic acids is 2. The van der Waals surface area contributed by atoms with Gasteiger partial charge in [-0.15, -0.1) is 11.8 Å². The molecule has 0 heterocycles. The van der Waals surface area contributed by atoms with Crippen LogP contribution >= 0.6 is 23.4 Å². The van der Waals surface area contributed by atoms with Gasteiger partial charge in [0.2, 0.25) is 11.8 Å². The van der Waals surface area contributed by atoms with Gasteiger partial charge in [-0.25, -0.2) is 4.39 Å². The number of halogens is 2. The first kappa shape index (κ1) is 25.2. The van der Waals surface area contributed by atoms with Crippen LogP contribution in [0.3, 0.4) is 0 Å². The molecule has 2 amide bonds. The van der Waals surface area contributed by atoms with Crippen LogP contribution in [0, 0.1) is 11.7 Å². The Morgan fingerprint density at radius 1 is 1.06 bits per heavy atom. The maximum Gasteiger partial charge on any atom is 0.242 e. The molecule has 0 fully saturated rings. The van der Waals surface area contributed by atoms with Crippen LogP contribution in [0.4, 0.5) is 4.39 Å². The van der Waals surface area contributed by atoms with E-state index in [1.54, 1.807) is 29.2 Å². The van der Waals surface area contributed by atoms with Crippen LogP contribution < -0.4 is 5.32 Å². The summed E-state index contributed by atoms with van der Waals surface area (Å²) in [6.07, 6.45) is 0.520. The quantitative estimate of drug-likeness (QED) is 0.491. The Morgan fingerprint density at radius 3 is 2.26 bits per heavy atom. The number of rotatable bonds is 11. The minimum atomic E-state index is -0.548. The molecule has 0 aromatic heterocycles. The zero-order valence-electron chi connectivity index (χ0n) is 18.2. The van der Waals surface area contributed by atoms with E-state index in [9.17, 15) is 14.0 Å². The number of hydrogen-bond donors (Lipinski definition) is 1. The van der Waals surface area contributed by atoms with Gasteiger partial charge in [-0.2, -0.15) is 0 Å². The molecule has 0 radical (unpaired) electrons. The van der Waals surface area contributed by atoms with Gasteiger partial charge in [0.15, 0.2) is 0 Å². The first-order valence-electron chi connectivity index (χ1n) is 10.4. The second kappa shape index (κ2) is 12.7. The van der Waals surface area contributed by atoms with Crippen molar-refractivity contribution >= 4 is 35.2 Å². The van der Waals surface area contributed by atoms with Gasteiger partial charge in [0.25, 0.3) is 0 Å². The Morgan fingerprint density at radius 2 is 1.68 bits per heavy atom. The summed E-state index contributed by atoms with van der Waals surface area (Å²) < 4.78 is 13.1. The zero-order chi connectivity index (χ0) is 22.8. The number of thioether (sulfide) groups is 1. The van der Waals surface area contributed by atoms with Crippen LogP contribution in [0.1, 0.15) is 38.3 Å². The minimum absolute atomic E-state index is 0.103. The van der Waals surface area contributed by atoms with Gasteiger partial charge < -0.3 is 10.2 Å². The SMILES string of the molecule is CC[C@@H](C(=O)NCC(C)C)N(Cc1ccc(Cl)cc1)C(=O)CSCc1ccc(F)cc1. The average Bonchev–Trinajstić information content (AvgIpc) is 2.74. The third-order valence-corrected chi connectivity index (χ3v) is 5.98. The number of nitrogens with one attached hydrogen (secondary N) is 1. The molecule has 0 bridgehead atoms. The van der Waals surface area contributed by atoms with Crippen molar-refractivity contribution in [1.82, 2.24) is 10.2 Å². The third kappa shape index (κ3) is 8.54.